The molecule has 3 heterocycles. The van der Waals surface area contributed by atoms with Gasteiger partial charge in [-0.15, -0.1) is 0 Å². The van der Waals surface area contributed by atoms with Gasteiger partial charge in [-0.1, -0.05) is 24.6 Å². The molecule has 3 atom stereocenters. The summed E-state index contributed by atoms with van der Waals surface area (Å²) in [6.45, 7) is 8.02. The van der Waals surface area contributed by atoms with Crippen molar-refractivity contribution in [3.05, 3.63) is 30.3 Å². The van der Waals surface area contributed by atoms with Gasteiger partial charge in [0.05, 0.1) is 5.92 Å². The van der Waals surface area contributed by atoms with Crippen molar-refractivity contribution in [2.45, 2.75) is 44.4 Å². The molecule has 2 amide bonds. The third-order valence-corrected chi connectivity index (χ3v) is 7.08. The van der Waals surface area contributed by atoms with Gasteiger partial charge in [0.1, 0.15) is 5.66 Å². The first-order valence-electron chi connectivity index (χ1n) is 11.6. The van der Waals surface area contributed by atoms with Crippen LogP contribution in [0.4, 0.5) is 10.5 Å². The fourth-order valence-electron chi connectivity index (χ4n) is 5.39. The number of rotatable bonds is 7. The van der Waals surface area contributed by atoms with E-state index in [-0.39, 0.29) is 0 Å². The SMILES string of the molecule is CC(C(N)=O)C1OC(=O)N(c2ccccc2)C1(CCN1CCCCC1)N1CCNCC1. The lowest BCUT2D eigenvalue weighted by Gasteiger charge is -2.50. The Kier molecular flexibility index (Phi) is 6.79. The zero-order chi connectivity index (χ0) is 21.8. The fourth-order valence-corrected chi connectivity index (χ4v) is 5.39. The van der Waals surface area contributed by atoms with Crippen LogP contribution < -0.4 is 16.0 Å². The van der Waals surface area contributed by atoms with Crippen LogP contribution >= 0.6 is 0 Å². The van der Waals surface area contributed by atoms with E-state index in [1.165, 1.54) is 19.3 Å². The molecule has 31 heavy (non-hydrogen) atoms. The number of primary amides is 1. The summed E-state index contributed by atoms with van der Waals surface area (Å²) in [7, 11) is 0. The van der Waals surface area contributed by atoms with Gasteiger partial charge in [0.25, 0.3) is 0 Å². The molecule has 1 aromatic rings. The van der Waals surface area contributed by atoms with Crippen LogP contribution in [-0.4, -0.2) is 79.4 Å². The van der Waals surface area contributed by atoms with Crippen molar-refractivity contribution in [3.63, 3.8) is 0 Å². The topological polar surface area (TPSA) is 91.1 Å². The normalized spacial score (nSPS) is 29.0. The second kappa shape index (κ2) is 9.54. The summed E-state index contributed by atoms with van der Waals surface area (Å²) in [4.78, 5) is 32.2. The molecule has 0 bridgehead atoms. The van der Waals surface area contributed by atoms with Crippen LogP contribution in [0.2, 0.25) is 0 Å². The lowest BCUT2D eigenvalue weighted by Crippen LogP contribution is -2.69. The largest absolute Gasteiger partial charge is 0.441 e. The lowest BCUT2D eigenvalue weighted by molar-refractivity contribution is -0.127. The molecule has 0 spiro atoms. The molecule has 0 radical (unpaired) electrons. The number of piperazine rings is 1. The van der Waals surface area contributed by atoms with E-state index >= 15 is 0 Å². The van der Waals surface area contributed by atoms with E-state index in [2.05, 4.69) is 15.1 Å². The Labute approximate surface area is 184 Å². The van der Waals surface area contributed by atoms with Gasteiger partial charge in [-0.25, -0.2) is 4.79 Å². The van der Waals surface area contributed by atoms with Gasteiger partial charge in [0, 0.05) is 44.8 Å². The first kappa shape index (κ1) is 22.0. The summed E-state index contributed by atoms with van der Waals surface area (Å²) < 4.78 is 5.97. The highest BCUT2D eigenvalue weighted by atomic mass is 16.6. The molecule has 1 aromatic carbocycles. The summed E-state index contributed by atoms with van der Waals surface area (Å²) in [5.41, 5.74) is 5.78. The molecule has 4 rings (SSSR count). The van der Waals surface area contributed by atoms with Crippen molar-refractivity contribution >= 4 is 17.7 Å². The Bertz CT molecular complexity index is 764. The van der Waals surface area contributed by atoms with E-state index in [1.54, 1.807) is 11.8 Å². The van der Waals surface area contributed by atoms with Gasteiger partial charge in [0.2, 0.25) is 5.91 Å². The van der Waals surface area contributed by atoms with Crippen molar-refractivity contribution in [2.75, 3.05) is 50.7 Å². The number of nitrogens with one attached hydrogen (secondary N) is 1. The van der Waals surface area contributed by atoms with Crippen LogP contribution in [0.5, 0.6) is 0 Å². The van der Waals surface area contributed by atoms with Crippen molar-refractivity contribution < 1.29 is 14.3 Å². The van der Waals surface area contributed by atoms with Crippen LogP contribution in [-0.2, 0) is 9.53 Å². The van der Waals surface area contributed by atoms with Crippen LogP contribution in [0.15, 0.2) is 30.3 Å². The van der Waals surface area contributed by atoms with Crippen LogP contribution in [0.25, 0.3) is 0 Å². The average Bonchev–Trinajstić information content (AvgIpc) is 3.11. The van der Waals surface area contributed by atoms with E-state index in [4.69, 9.17) is 10.5 Å². The fraction of sp³-hybridized carbons (Fsp3) is 0.652. The van der Waals surface area contributed by atoms with Crippen molar-refractivity contribution in [2.24, 2.45) is 11.7 Å². The highest BCUT2D eigenvalue weighted by molar-refractivity contribution is 5.93. The maximum absolute atomic E-state index is 13.3. The molecule has 0 aromatic heterocycles. The third-order valence-electron chi connectivity index (χ3n) is 7.08. The molecule has 3 unspecified atom stereocenters. The molecule has 8 nitrogen and oxygen atoms in total. The molecule has 0 saturated carbocycles. The van der Waals surface area contributed by atoms with E-state index in [0.717, 1.165) is 51.5 Å². The number of benzene rings is 1. The van der Waals surface area contributed by atoms with Crippen LogP contribution in [0.1, 0.15) is 32.6 Å². The number of cyclic esters (lactones) is 1. The predicted octanol–water partition coefficient (Wildman–Crippen LogP) is 1.61. The molecule has 3 aliphatic rings. The molecule has 170 valence electrons. The number of hydrogen-bond acceptors (Lipinski definition) is 6. The van der Waals surface area contributed by atoms with E-state index in [9.17, 15) is 9.59 Å². The number of anilines is 1. The van der Waals surface area contributed by atoms with Gasteiger partial charge in [-0.3, -0.25) is 14.6 Å². The van der Waals surface area contributed by atoms with Gasteiger partial charge in [-0.05, 0) is 45.0 Å². The number of carbonyl (C=O) groups excluding carboxylic acids is 2. The predicted molar refractivity (Wildman–Crippen MR) is 120 cm³/mol. The Morgan fingerprint density at radius 2 is 1.84 bits per heavy atom. The number of nitrogens with zero attached hydrogens (tertiary/aromatic N) is 3. The second-order valence-corrected chi connectivity index (χ2v) is 8.93. The number of hydrogen-bond donors (Lipinski definition) is 2. The van der Waals surface area contributed by atoms with Crippen LogP contribution in [0.3, 0.4) is 0 Å². The standard InChI is InChI=1S/C23H35N5O3/c1-18(21(24)29)20-23(27-16-11-25-12-17-27,10-15-26-13-6-3-7-14-26)28(22(30)31-20)19-8-4-2-5-9-19/h2,4-5,8-9,18,20,25H,3,6-7,10-17H2,1H3,(H2,24,29). The minimum absolute atomic E-state index is 0.401. The van der Waals surface area contributed by atoms with Gasteiger partial charge in [-0.2, -0.15) is 0 Å². The minimum Gasteiger partial charge on any atom is -0.441 e. The summed E-state index contributed by atoms with van der Waals surface area (Å²) >= 11 is 0. The van der Waals surface area contributed by atoms with Crippen molar-refractivity contribution in [3.8, 4) is 0 Å². The quantitative estimate of drug-likeness (QED) is 0.684. The maximum atomic E-state index is 13.3. The number of para-hydroxylation sites is 1. The van der Waals surface area contributed by atoms with E-state index in [0.29, 0.717) is 6.42 Å². The first-order chi connectivity index (χ1) is 15.0. The Balaban J connectivity index is 1.77. The molecule has 3 aliphatic heterocycles. The smallest absolute Gasteiger partial charge is 0.416 e. The number of piperidine rings is 1. The molecule has 3 N–H and O–H groups in total. The third kappa shape index (κ3) is 4.29. The summed E-state index contributed by atoms with van der Waals surface area (Å²) in [5.74, 6) is -1.03. The van der Waals surface area contributed by atoms with Crippen LogP contribution in [0, 0.1) is 5.92 Å². The molecular weight excluding hydrogens is 394 g/mol. The Morgan fingerprint density at radius 3 is 2.48 bits per heavy atom. The second-order valence-electron chi connectivity index (χ2n) is 8.93. The highest BCUT2D eigenvalue weighted by Gasteiger charge is 2.61. The highest BCUT2D eigenvalue weighted by Crippen LogP contribution is 2.43. The van der Waals surface area contributed by atoms with Gasteiger partial charge < -0.3 is 20.7 Å². The first-order valence-corrected chi connectivity index (χ1v) is 11.6. The van der Waals surface area contributed by atoms with E-state index in [1.807, 2.05) is 30.3 Å². The minimum atomic E-state index is -0.758. The molecule has 8 heteroatoms. The zero-order valence-electron chi connectivity index (χ0n) is 18.5. The molecule has 0 aliphatic carbocycles. The molecule has 3 saturated heterocycles. The molecule has 3 fully saturated rings. The maximum Gasteiger partial charge on any atom is 0.416 e. The summed E-state index contributed by atoms with van der Waals surface area (Å²) in [6.07, 6.45) is 3.37. The molecular formula is C23H35N5O3. The number of carbonyl (C=O) groups is 2. The number of amides is 2. The number of ether oxygens (including phenoxy) is 1. The monoisotopic (exact) mass is 429 g/mol. The average molecular weight is 430 g/mol. The Morgan fingerprint density at radius 1 is 1.16 bits per heavy atom. The van der Waals surface area contributed by atoms with Gasteiger partial charge >= 0.3 is 6.09 Å². The Hall–Kier alpha value is -2.16. The number of likely N-dealkylation sites (tertiary alicyclic amines) is 1. The summed E-state index contributed by atoms with van der Waals surface area (Å²) in [5, 5.41) is 3.41. The zero-order valence-corrected chi connectivity index (χ0v) is 18.5. The van der Waals surface area contributed by atoms with E-state index < -0.39 is 29.7 Å². The lowest BCUT2D eigenvalue weighted by atomic mass is 9.85. The van der Waals surface area contributed by atoms with Crippen molar-refractivity contribution in [1.82, 2.24) is 15.1 Å². The van der Waals surface area contributed by atoms with Crippen molar-refractivity contribution in [1.29, 1.82) is 0 Å². The number of nitrogens with two attached hydrogens (primary N) is 1. The summed E-state index contributed by atoms with van der Waals surface area (Å²) in [6, 6.07) is 9.68. The van der Waals surface area contributed by atoms with Gasteiger partial charge in [0.15, 0.2) is 6.10 Å².